The number of pyridine rings is 1. The molecule has 7 nitrogen and oxygen atoms in total. The fourth-order valence-electron chi connectivity index (χ4n) is 3.88. The van der Waals surface area contributed by atoms with E-state index < -0.39 is 5.25 Å². The molecule has 0 spiro atoms. The number of hydrogen-bond donors (Lipinski definition) is 1. The van der Waals surface area contributed by atoms with E-state index in [0.29, 0.717) is 49.8 Å². The molecule has 0 aliphatic rings. The minimum atomic E-state index is -0.607. The van der Waals surface area contributed by atoms with Crippen LogP contribution in [0.1, 0.15) is 12.5 Å². The van der Waals surface area contributed by atoms with Crippen LogP contribution in [0.4, 0.5) is 5.69 Å². The summed E-state index contributed by atoms with van der Waals surface area (Å²) in [6.07, 6.45) is 0. The predicted molar refractivity (Wildman–Crippen MR) is 155 cm³/mol. The Bertz CT molecular complexity index is 1520. The molecule has 198 valence electrons. The van der Waals surface area contributed by atoms with Gasteiger partial charge in [0.05, 0.1) is 48.5 Å². The lowest BCUT2D eigenvalue weighted by atomic mass is 9.99. The quantitative estimate of drug-likeness (QED) is 0.219. The third-order valence-electron chi connectivity index (χ3n) is 5.96. The zero-order valence-electron chi connectivity index (χ0n) is 21.8. The van der Waals surface area contributed by atoms with Gasteiger partial charge in [0.1, 0.15) is 28.3 Å². The number of hydrogen-bond acceptors (Lipinski definition) is 7. The fraction of sp³-hybridized carbons (Fsp3) is 0.167. The molecule has 3 aromatic carbocycles. The van der Waals surface area contributed by atoms with Gasteiger partial charge in [0.25, 0.3) is 0 Å². The van der Waals surface area contributed by atoms with Crippen LogP contribution in [0, 0.1) is 11.3 Å². The highest BCUT2D eigenvalue weighted by Crippen LogP contribution is 2.38. The van der Waals surface area contributed by atoms with Gasteiger partial charge >= 0.3 is 0 Å². The Hall–Kier alpha value is -4.19. The molecule has 0 saturated carbocycles. The van der Waals surface area contributed by atoms with Gasteiger partial charge in [-0.2, -0.15) is 5.26 Å². The van der Waals surface area contributed by atoms with Crippen molar-refractivity contribution in [1.82, 2.24) is 4.98 Å². The van der Waals surface area contributed by atoms with E-state index >= 15 is 0 Å². The highest BCUT2D eigenvalue weighted by Gasteiger charge is 2.23. The molecular weight excluding hydrogens is 534 g/mol. The summed E-state index contributed by atoms with van der Waals surface area (Å²) in [6, 6.07) is 24.6. The number of anilines is 1. The number of aromatic nitrogens is 1. The number of halogens is 1. The molecule has 1 amide bonds. The number of carbonyl (C=O) groups is 1. The van der Waals surface area contributed by atoms with Crippen molar-refractivity contribution in [2.45, 2.75) is 17.2 Å². The molecule has 1 atom stereocenters. The molecule has 9 heteroatoms. The Morgan fingerprint density at radius 2 is 1.64 bits per heavy atom. The Kier molecular flexibility index (Phi) is 8.97. The number of methoxy groups -OCH3 is 3. The molecule has 4 aromatic rings. The first-order valence-electron chi connectivity index (χ1n) is 11.9. The summed E-state index contributed by atoms with van der Waals surface area (Å²) in [5.74, 6) is 1.25. The number of nitriles is 1. The summed E-state index contributed by atoms with van der Waals surface area (Å²) in [7, 11) is 4.60. The molecule has 0 aliphatic heterocycles. The van der Waals surface area contributed by atoms with E-state index in [1.165, 1.54) is 26.0 Å². The minimum Gasteiger partial charge on any atom is -0.497 e. The standard InChI is InChI=1S/C30H26ClN3O4S/c1-18(29(35)33-26-15-24(31)27(37-3)16-28(26)38-4)39-30-23(17-32)22(19-10-12-21(36-2)13-11-19)14-25(34-30)20-8-6-5-7-9-20/h5-16,18H,1-4H3,(H,33,35). The maximum atomic E-state index is 13.2. The molecular formula is C30H26ClN3O4S. The Balaban J connectivity index is 1.71. The van der Waals surface area contributed by atoms with Gasteiger partial charge in [-0.1, -0.05) is 65.8 Å². The number of ether oxygens (including phenoxy) is 3. The molecule has 0 bridgehead atoms. The van der Waals surface area contributed by atoms with Crippen LogP contribution in [0.2, 0.25) is 5.02 Å². The van der Waals surface area contributed by atoms with E-state index in [1.807, 2.05) is 60.7 Å². The molecule has 1 unspecified atom stereocenters. The van der Waals surface area contributed by atoms with E-state index in [4.69, 9.17) is 30.8 Å². The average molecular weight is 560 g/mol. The van der Waals surface area contributed by atoms with Crippen LogP contribution < -0.4 is 19.5 Å². The van der Waals surface area contributed by atoms with Crippen molar-refractivity contribution in [2.24, 2.45) is 0 Å². The van der Waals surface area contributed by atoms with Crippen LogP contribution >= 0.6 is 23.4 Å². The third kappa shape index (κ3) is 6.28. The minimum absolute atomic E-state index is 0.304. The molecule has 1 heterocycles. The van der Waals surface area contributed by atoms with Crippen LogP contribution in [0.15, 0.2) is 77.8 Å². The maximum absolute atomic E-state index is 13.2. The topological polar surface area (TPSA) is 93.5 Å². The lowest BCUT2D eigenvalue weighted by molar-refractivity contribution is -0.115. The molecule has 39 heavy (non-hydrogen) atoms. The first-order valence-corrected chi connectivity index (χ1v) is 13.2. The van der Waals surface area contributed by atoms with Crippen molar-refractivity contribution < 1.29 is 19.0 Å². The zero-order valence-corrected chi connectivity index (χ0v) is 23.4. The largest absolute Gasteiger partial charge is 0.497 e. The lowest BCUT2D eigenvalue weighted by Gasteiger charge is -2.17. The molecule has 0 aliphatic carbocycles. The van der Waals surface area contributed by atoms with Crippen molar-refractivity contribution in [2.75, 3.05) is 26.6 Å². The second-order valence-corrected chi connectivity index (χ2v) is 10.1. The van der Waals surface area contributed by atoms with Crippen molar-refractivity contribution in [3.8, 4) is 45.7 Å². The number of nitrogens with zero attached hydrogens (tertiary/aromatic N) is 2. The third-order valence-corrected chi connectivity index (χ3v) is 7.34. The van der Waals surface area contributed by atoms with Crippen LogP contribution in [-0.2, 0) is 4.79 Å². The number of nitrogens with one attached hydrogen (secondary N) is 1. The average Bonchev–Trinajstić information content (AvgIpc) is 2.97. The summed E-state index contributed by atoms with van der Waals surface area (Å²) in [5, 5.41) is 13.2. The van der Waals surface area contributed by atoms with Gasteiger partial charge in [0.15, 0.2) is 0 Å². The Labute approximate surface area is 236 Å². The summed E-state index contributed by atoms with van der Waals surface area (Å²) in [6.45, 7) is 1.75. The molecule has 0 radical (unpaired) electrons. The van der Waals surface area contributed by atoms with Crippen LogP contribution in [0.5, 0.6) is 17.2 Å². The van der Waals surface area contributed by atoms with E-state index in [0.717, 1.165) is 11.1 Å². The van der Waals surface area contributed by atoms with E-state index in [2.05, 4.69) is 11.4 Å². The number of amides is 1. The molecule has 0 fully saturated rings. The van der Waals surface area contributed by atoms with Gasteiger partial charge in [0, 0.05) is 17.2 Å². The zero-order chi connectivity index (χ0) is 27.9. The molecule has 0 saturated heterocycles. The van der Waals surface area contributed by atoms with Gasteiger partial charge in [0.2, 0.25) is 5.91 Å². The smallest absolute Gasteiger partial charge is 0.237 e. The Morgan fingerprint density at radius 1 is 0.949 bits per heavy atom. The van der Waals surface area contributed by atoms with Crippen molar-refractivity contribution in [1.29, 1.82) is 5.26 Å². The number of thioether (sulfide) groups is 1. The van der Waals surface area contributed by atoms with Crippen molar-refractivity contribution in [3.63, 3.8) is 0 Å². The predicted octanol–water partition coefficient (Wildman–Crippen LogP) is 7.09. The second-order valence-electron chi connectivity index (χ2n) is 8.38. The summed E-state index contributed by atoms with van der Waals surface area (Å²) >= 11 is 7.47. The van der Waals surface area contributed by atoms with Crippen molar-refractivity contribution in [3.05, 3.63) is 83.4 Å². The van der Waals surface area contributed by atoms with Crippen LogP contribution in [-0.4, -0.2) is 37.5 Å². The number of rotatable bonds is 9. The number of benzene rings is 3. The van der Waals surface area contributed by atoms with Gasteiger partial charge < -0.3 is 19.5 Å². The summed E-state index contributed by atoms with van der Waals surface area (Å²) < 4.78 is 15.9. The molecule has 1 N–H and O–H groups in total. The number of carbonyl (C=O) groups excluding carboxylic acids is 1. The van der Waals surface area contributed by atoms with E-state index in [-0.39, 0.29) is 5.91 Å². The summed E-state index contributed by atoms with van der Waals surface area (Å²) in [4.78, 5) is 18.1. The van der Waals surface area contributed by atoms with Gasteiger partial charge in [-0.25, -0.2) is 4.98 Å². The van der Waals surface area contributed by atoms with Gasteiger partial charge in [-0.15, -0.1) is 0 Å². The first kappa shape index (κ1) is 27.8. The second kappa shape index (κ2) is 12.6. The monoisotopic (exact) mass is 559 g/mol. The molecule has 4 rings (SSSR count). The van der Waals surface area contributed by atoms with Gasteiger partial charge in [-0.3, -0.25) is 4.79 Å². The van der Waals surface area contributed by atoms with E-state index in [1.54, 1.807) is 26.2 Å². The van der Waals surface area contributed by atoms with Crippen LogP contribution in [0.3, 0.4) is 0 Å². The highest BCUT2D eigenvalue weighted by molar-refractivity contribution is 8.00. The normalized spacial score (nSPS) is 11.3. The first-order chi connectivity index (χ1) is 18.9. The SMILES string of the molecule is COc1ccc(-c2cc(-c3ccccc3)nc(SC(C)C(=O)Nc3cc(Cl)c(OC)cc3OC)c2C#N)cc1. The lowest BCUT2D eigenvalue weighted by Crippen LogP contribution is -2.23. The Morgan fingerprint density at radius 3 is 2.26 bits per heavy atom. The highest BCUT2D eigenvalue weighted by atomic mass is 35.5. The fourth-order valence-corrected chi connectivity index (χ4v) is 5.05. The van der Waals surface area contributed by atoms with Crippen molar-refractivity contribution >= 4 is 35.0 Å². The van der Waals surface area contributed by atoms with Gasteiger partial charge in [-0.05, 0) is 36.8 Å². The maximum Gasteiger partial charge on any atom is 0.237 e. The molecule has 1 aromatic heterocycles. The summed E-state index contributed by atoms with van der Waals surface area (Å²) in [5.41, 5.74) is 3.93. The van der Waals surface area contributed by atoms with Crippen LogP contribution in [0.25, 0.3) is 22.4 Å². The van der Waals surface area contributed by atoms with E-state index in [9.17, 15) is 10.1 Å².